The van der Waals surface area contributed by atoms with Crippen LogP contribution in [0.25, 0.3) is 0 Å². The number of rotatable bonds is 4. The minimum atomic E-state index is -0.946. The molecule has 4 amide bonds. The van der Waals surface area contributed by atoms with Gasteiger partial charge in [-0.2, -0.15) is 0 Å². The first-order valence-electron chi connectivity index (χ1n) is 10.0. The summed E-state index contributed by atoms with van der Waals surface area (Å²) in [5, 5.41) is 5.46. The van der Waals surface area contributed by atoms with E-state index in [2.05, 4.69) is 15.5 Å². The van der Waals surface area contributed by atoms with Gasteiger partial charge in [0.15, 0.2) is 0 Å². The molecule has 9 heteroatoms. The molecule has 5 rings (SSSR count). The lowest BCUT2D eigenvalue weighted by Gasteiger charge is -2.39. The van der Waals surface area contributed by atoms with Crippen LogP contribution in [0.2, 0.25) is 5.02 Å². The Hall–Kier alpha value is -2.35. The van der Waals surface area contributed by atoms with Crippen molar-refractivity contribution in [2.75, 3.05) is 24.5 Å². The zero-order valence-electron chi connectivity index (χ0n) is 15.8. The highest BCUT2D eigenvalue weighted by molar-refractivity contribution is 6.31. The van der Waals surface area contributed by atoms with Crippen molar-refractivity contribution < 1.29 is 18.8 Å². The van der Waals surface area contributed by atoms with Crippen LogP contribution in [0.3, 0.4) is 0 Å². The zero-order chi connectivity index (χ0) is 20.3. The molecule has 2 atom stereocenters. The smallest absolute Gasteiger partial charge is 0.322 e. The Bertz CT molecular complexity index is 921. The number of fused-ring (bicyclic) bond motifs is 3. The lowest BCUT2D eigenvalue weighted by molar-refractivity contribution is -0.133. The number of hydrogen-bond donors (Lipinski definition) is 2. The van der Waals surface area contributed by atoms with Gasteiger partial charge in [-0.25, -0.2) is 9.18 Å². The highest BCUT2D eigenvalue weighted by Crippen LogP contribution is 2.44. The van der Waals surface area contributed by atoms with E-state index in [1.807, 2.05) is 0 Å². The van der Waals surface area contributed by atoms with Gasteiger partial charge in [0.1, 0.15) is 11.4 Å². The topological polar surface area (TPSA) is 81.8 Å². The Morgan fingerprint density at radius 3 is 2.76 bits per heavy atom. The van der Waals surface area contributed by atoms with E-state index in [0.717, 1.165) is 18.5 Å². The van der Waals surface area contributed by atoms with Crippen LogP contribution in [0.1, 0.15) is 31.2 Å². The van der Waals surface area contributed by atoms with Gasteiger partial charge in [0.05, 0.1) is 6.04 Å². The van der Waals surface area contributed by atoms with Crippen LogP contribution in [0, 0.1) is 11.7 Å². The molecule has 3 aliphatic heterocycles. The van der Waals surface area contributed by atoms with Crippen LogP contribution in [0.15, 0.2) is 12.1 Å². The number of piperazine rings is 1. The molecule has 7 nitrogen and oxygen atoms in total. The molecule has 29 heavy (non-hydrogen) atoms. The van der Waals surface area contributed by atoms with Gasteiger partial charge in [-0.1, -0.05) is 11.6 Å². The Balaban J connectivity index is 1.24. The largest absolute Gasteiger partial charge is 0.364 e. The molecule has 1 aromatic carbocycles. The van der Waals surface area contributed by atoms with Gasteiger partial charge in [-0.15, -0.1) is 0 Å². The fourth-order valence-electron chi connectivity index (χ4n) is 5.07. The number of imide groups is 1. The van der Waals surface area contributed by atoms with Crippen molar-refractivity contribution in [1.29, 1.82) is 0 Å². The molecule has 2 N–H and O–H groups in total. The van der Waals surface area contributed by atoms with Gasteiger partial charge in [0.2, 0.25) is 5.91 Å². The van der Waals surface area contributed by atoms with Crippen LogP contribution in [-0.2, 0) is 16.0 Å². The SMILES string of the molecule is O=C1NC(=O)[C@](CCC(=O)N2CCN3c4cc(Cl)cc(F)c4C[C@H]3C2)(C2CC2)N1. The second-order valence-electron chi connectivity index (χ2n) is 8.43. The number of carbonyl (C=O) groups excluding carboxylic acids is 3. The molecule has 0 spiro atoms. The first kappa shape index (κ1) is 18.7. The summed E-state index contributed by atoms with van der Waals surface area (Å²) in [5.74, 6) is -0.543. The van der Waals surface area contributed by atoms with Crippen LogP contribution in [0.5, 0.6) is 0 Å². The first-order valence-corrected chi connectivity index (χ1v) is 10.4. The molecule has 1 aliphatic carbocycles. The molecule has 0 bridgehead atoms. The van der Waals surface area contributed by atoms with Crippen molar-refractivity contribution in [1.82, 2.24) is 15.5 Å². The van der Waals surface area contributed by atoms with Crippen molar-refractivity contribution in [3.8, 4) is 0 Å². The fraction of sp³-hybridized carbons (Fsp3) is 0.550. The third-order valence-electron chi connectivity index (χ3n) is 6.70. The zero-order valence-corrected chi connectivity index (χ0v) is 16.6. The van der Waals surface area contributed by atoms with Crippen molar-refractivity contribution in [2.24, 2.45) is 5.92 Å². The third-order valence-corrected chi connectivity index (χ3v) is 6.92. The van der Waals surface area contributed by atoms with Gasteiger partial charge in [-0.3, -0.25) is 14.9 Å². The lowest BCUT2D eigenvalue weighted by Crippen LogP contribution is -2.54. The Morgan fingerprint density at radius 2 is 2.07 bits per heavy atom. The number of anilines is 1. The Morgan fingerprint density at radius 1 is 1.28 bits per heavy atom. The Kier molecular flexibility index (Phi) is 4.24. The van der Waals surface area contributed by atoms with Gasteiger partial charge < -0.3 is 15.1 Å². The summed E-state index contributed by atoms with van der Waals surface area (Å²) in [6.07, 6.45) is 2.82. The van der Waals surface area contributed by atoms with Crippen LogP contribution < -0.4 is 15.5 Å². The predicted octanol–water partition coefficient (Wildman–Crippen LogP) is 1.82. The molecular weight excluding hydrogens is 399 g/mol. The molecule has 1 aromatic rings. The minimum Gasteiger partial charge on any atom is -0.364 e. The van der Waals surface area contributed by atoms with Gasteiger partial charge in [0, 0.05) is 42.3 Å². The van der Waals surface area contributed by atoms with Gasteiger partial charge in [-0.05, 0) is 43.7 Å². The predicted molar refractivity (Wildman–Crippen MR) is 104 cm³/mol. The highest BCUT2D eigenvalue weighted by Gasteiger charge is 2.55. The fourth-order valence-corrected chi connectivity index (χ4v) is 5.27. The van der Waals surface area contributed by atoms with E-state index in [9.17, 15) is 18.8 Å². The number of carbonyl (C=O) groups is 3. The summed E-state index contributed by atoms with van der Waals surface area (Å²) < 4.78 is 14.3. The summed E-state index contributed by atoms with van der Waals surface area (Å²) in [6, 6.07) is 2.67. The number of halogens is 2. The van der Waals surface area contributed by atoms with E-state index < -0.39 is 11.6 Å². The second-order valence-corrected chi connectivity index (χ2v) is 8.87. The molecule has 0 radical (unpaired) electrons. The van der Waals surface area contributed by atoms with Crippen LogP contribution >= 0.6 is 11.6 Å². The number of nitrogens with one attached hydrogen (secondary N) is 2. The van der Waals surface area contributed by atoms with Crippen molar-refractivity contribution in [2.45, 2.75) is 43.7 Å². The highest BCUT2D eigenvalue weighted by atomic mass is 35.5. The summed E-state index contributed by atoms with van der Waals surface area (Å²) in [4.78, 5) is 40.8. The monoisotopic (exact) mass is 420 g/mol. The minimum absolute atomic E-state index is 0.0301. The van der Waals surface area contributed by atoms with E-state index >= 15 is 0 Å². The van der Waals surface area contributed by atoms with E-state index in [0.29, 0.717) is 43.1 Å². The quantitative estimate of drug-likeness (QED) is 0.728. The molecule has 0 unspecified atom stereocenters. The van der Waals surface area contributed by atoms with E-state index in [4.69, 9.17) is 11.6 Å². The second kappa shape index (κ2) is 6.58. The Labute approximate surface area is 172 Å². The average molecular weight is 421 g/mol. The molecule has 1 saturated carbocycles. The maximum Gasteiger partial charge on any atom is 0.322 e. The number of urea groups is 1. The molecule has 4 aliphatic rings. The van der Waals surface area contributed by atoms with Crippen LogP contribution in [-0.4, -0.2) is 54.0 Å². The first-order chi connectivity index (χ1) is 13.9. The number of amides is 4. The molecule has 3 fully saturated rings. The summed E-state index contributed by atoms with van der Waals surface area (Å²) in [5.41, 5.74) is 0.537. The summed E-state index contributed by atoms with van der Waals surface area (Å²) in [7, 11) is 0. The van der Waals surface area contributed by atoms with Crippen molar-refractivity contribution in [3.05, 3.63) is 28.5 Å². The third kappa shape index (κ3) is 3.04. The molecule has 3 heterocycles. The molecule has 154 valence electrons. The van der Waals surface area contributed by atoms with Gasteiger partial charge in [0.25, 0.3) is 5.91 Å². The maximum atomic E-state index is 14.3. The standard InChI is InChI=1S/C20H22ClFN4O3/c21-12-7-15(22)14-9-13-10-25(5-6-26(13)16(14)8-12)17(27)3-4-20(11-1-2-11)18(28)23-19(29)24-20/h7-8,11,13H,1-6,9-10H2,(H2,23,24,28,29)/t13-,20-/m0/s1. The number of benzene rings is 1. The van der Waals surface area contributed by atoms with Crippen molar-refractivity contribution in [3.63, 3.8) is 0 Å². The average Bonchev–Trinajstić information content (AvgIpc) is 3.40. The van der Waals surface area contributed by atoms with Crippen LogP contribution in [0.4, 0.5) is 14.9 Å². The van der Waals surface area contributed by atoms with E-state index in [-0.39, 0.29) is 36.0 Å². The normalized spacial score (nSPS) is 28.1. The molecule has 0 aromatic heterocycles. The summed E-state index contributed by atoms with van der Waals surface area (Å²) >= 11 is 6.01. The van der Waals surface area contributed by atoms with E-state index in [1.54, 1.807) is 11.0 Å². The molecule has 2 saturated heterocycles. The maximum absolute atomic E-state index is 14.3. The number of hydrogen-bond acceptors (Lipinski definition) is 4. The van der Waals surface area contributed by atoms with Crippen molar-refractivity contribution >= 4 is 35.1 Å². The molecular formula is C20H22ClFN4O3. The number of nitrogens with zero attached hydrogens (tertiary/aromatic N) is 2. The van der Waals surface area contributed by atoms with E-state index in [1.165, 1.54) is 6.07 Å². The lowest BCUT2D eigenvalue weighted by atomic mass is 9.87. The summed E-state index contributed by atoms with van der Waals surface area (Å²) in [6.45, 7) is 1.67. The van der Waals surface area contributed by atoms with Gasteiger partial charge >= 0.3 is 6.03 Å².